The maximum absolute atomic E-state index is 11.7. The molecule has 3 atom stereocenters. The van der Waals surface area contributed by atoms with Gasteiger partial charge in [-0.2, -0.15) is 0 Å². The van der Waals surface area contributed by atoms with Crippen molar-refractivity contribution < 1.29 is 4.74 Å². The van der Waals surface area contributed by atoms with Gasteiger partial charge in [-0.05, 0) is 18.0 Å². The Kier molecular flexibility index (Phi) is 4.09. The molecule has 0 radical (unpaired) electrons. The zero-order chi connectivity index (χ0) is 13.3. The van der Waals surface area contributed by atoms with E-state index < -0.39 is 17.5 Å². The number of hydrogen-bond acceptors (Lipinski definition) is 3. The molecule has 5 nitrogen and oxygen atoms in total. The summed E-state index contributed by atoms with van der Waals surface area (Å²) in [5, 5.41) is -0.135. The monoisotopic (exact) mass is 334 g/mol. The first-order valence-electron chi connectivity index (χ1n) is 5.44. The van der Waals surface area contributed by atoms with Gasteiger partial charge in [0.1, 0.15) is 6.23 Å². The summed E-state index contributed by atoms with van der Waals surface area (Å²) in [5.74, 6) is 0. The molecule has 1 aliphatic rings. The van der Waals surface area contributed by atoms with E-state index in [-0.39, 0.29) is 11.5 Å². The molecule has 1 aromatic rings. The lowest BCUT2D eigenvalue weighted by molar-refractivity contribution is 0.00826. The van der Waals surface area contributed by atoms with Crippen molar-refractivity contribution >= 4 is 33.6 Å². The number of aromatic nitrogens is 2. The van der Waals surface area contributed by atoms with Gasteiger partial charge in [-0.1, -0.05) is 15.9 Å². The van der Waals surface area contributed by atoms with Gasteiger partial charge in [-0.25, -0.2) is 4.79 Å². The van der Waals surface area contributed by atoms with Crippen LogP contribution < -0.4 is 11.2 Å². The van der Waals surface area contributed by atoms with Crippen LogP contribution in [0.15, 0.2) is 20.8 Å². The van der Waals surface area contributed by atoms with Crippen LogP contribution in [0, 0.1) is 0 Å². The second-order valence-electron chi connectivity index (χ2n) is 4.09. The first kappa shape index (κ1) is 13.6. The van der Waals surface area contributed by atoms with E-state index in [1.165, 1.54) is 10.8 Å². The van der Waals surface area contributed by atoms with E-state index in [1.54, 1.807) is 11.1 Å². The van der Waals surface area contributed by atoms with Crippen molar-refractivity contribution in [2.24, 2.45) is 0 Å². The van der Waals surface area contributed by atoms with E-state index in [9.17, 15) is 9.59 Å². The third-order valence-corrected chi connectivity index (χ3v) is 3.65. The van der Waals surface area contributed by atoms with Crippen molar-refractivity contribution in [3.8, 4) is 0 Å². The van der Waals surface area contributed by atoms with Gasteiger partial charge in [0.05, 0.1) is 17.0 Å². The van der Waals surface area contributed by atoms with Crippen LogP contribution in [0.25, 0.3) is 6.08 Å². The van der Waals surface area contributed by atoms with E-state index in [1.807, 2.05) is 6.92 Å². The average Bonchev–Trinajstić information content (AvgIpc) is 2.63. The van der Waals surface area contributed by atoms with Crippen LogP contribution in [0.4, 0.5) is 0 Å². The number of H-pyrrole nitrogens is 1. The van der Waals surface area contributed by atoms with E-state index in [0.29, 0.717) is 12.0 Å². The van der Waals surface area contributed by atoms with Crippen LogP contribution in [-0.2, 0) is 4.74 Å². The molecule has 1 N–H and O–H groups in total. The van der Waals surface area contributed by atoms with Crippen LogP contribution in [-0.4, -0.2) is 21.0 Å². The first-order chi connectivity index (χ1) is 8.52. The molecule has 7 heteroatoms. The third kappa shape index (κ3) is 2.60. The Morgan fingerprint density at radius 1 is 1.61 bits per heavy atom. The summed E-state index contributed by atoms with van der Waals surface area (Å²) in [7, 11) is 0. The number of rotatable bonds is 2. The molecule has 0 saturated carbocycles. The minimum Gasteiger partial charge on any atom is -0.353 e. The Balaban J connectivity index is 2.42. The van der Waals surface area contributed by atoms with Gasteiger partial charge in [0.25, 0.3) is 5.56 Å². The molecule has 0 aromatic carbocycles. The molecule has 98 valence electrons. The van der Waals surface area contributed by atoms with Crippen molar-refractivity contribution in [1.82, 2.24) is 9.55 Å². The normalized spacial score (nSPS) is 28.1. The van der Waals surface area contributed by atoms with Crippen LogP contribution in [0.3, 0.4) is 0 Å². The number of ether oxygens (including phenoxy) is 1. The second kappa shape index (κ2) is 5.42. The highest BCUT2D eigenvalue weighted by Crippen LogP contribution is 2.30. The second-order valence-corrected chi connectivity index (χ2v) is 5.18. The van der Waals surface area contributed by atoms with Crippen LogP contribution >= 0.6 is 27.5 Å². The zero-order valence-corrected chi connectivity index (χ0v) is 11.9. The number of hydrogen-bond donors (Lipinski definition) is 1. The largest absolute Gasteiger partial charge is 0.353 e. The summed E-state index contributed by atoms with van der Waals surface area (Å²) in [4.78, 5) is 27.1. The predicted molar refractivity (Wildman–Crippen MR) is 73.1 cm³/mol. The highest BCUT2D eigenvalue weighted by atomic mass is 79.9. The number of aromatic amines is 1. The van der Waals surface area contributed by atoms with Gasteiger partial charge in [0.2, 0.25) is 0 Å². The molecule has 0 spiro atoms. The van der Waals surface area contributed by atoms with E-state index in [0.717, 1.165) is 0 Å². The molecule has 18 heavy (non-hydrogen) atoms. The van der Waals surface area contributed by atoms with Crippen molar-refractivity contribution in [2.75, 3.05) is 0 Å². The number of alkyl halides is 1. The Hall–Kier alpha value is -0.850. The summed E-state index contributed by atoms with van der Waals surface area (Å²) >= 11 is 9.15. The average molecular weight is 336 g/mol. The summed E-state index contributed by atoms with van der Waals surface area (Å²) in [6, 6.07) is 0. The van der Waals surface area contributed by atoms with Crippen molar-refractivity contribution in [1.29, 1.82) is 0 Å². The van der Waals surface area contributed by atoms with Gasteiger partial charge in [0.15, 0.2) is 0 Å². The standard InChI is InChI=1S/C11H12BrClN2O3/c1-6-8(13)4-9(18-6)15-5-7(2-3-12)10(16)14-11(15)17/h2-3,5-6,8-9H,4H2,1H3,(H,14,16,17)/t6-,8+,9-/m1/s1. The minimum absolute atomic E-state index is 0.120. The Labute approximate surface area is 117 Å². The summed E-state index contributed by atoms with van der Waals surface area (Å²) < 4.78 is 6.95. The highest BCUT2D eigenvalue weighted by Gasteiger charge is 2.32. The summed E-state index contributed by atoms with van der Waals surface area (Å²) in [6.45, 7) is 1.85. The first-order valence-corrected chi connectivity index (χ1v) is 6.80. The van der Waals surface area contributed by atoms with Crippen molar-refractivity contribution in [3.05, 3.63) is 37.6 Å². The molecule has 1 saturated heterocycles. The van der Waals surface area contributed by atoms with E-state index in [2.05, 4.69) is 20.9 Å². The lowest BCUT2D eigenvalue weighted by atomic mass is 10.2. The molecule has 2 heterocycles. The lowest BCUT2D eigenvalue weighted by Gasteiger charge is -2.13. The Morgan fingerprint density at radius 2 is 2.33 bits per heavy atom. The molecule has 0 unspecified atom stereocenters. The maximum Gasteiger partial charge on any atom is 0.330 e. The molecular weight excluding hydrogens is 323 g/mol. The fourth-order valence-electron chi connectivity index (χ4n) is 1.85. The number of nitrogens with zero attached hydrogens (tertiary/aromatic N) is 1. The van der Waals surface area contributed by atoms with Gasteiger partial charge in [0, 0.05) is 12.6 Å². The van der Waals surface area contributed by atoms with E-state index in [4.69, 9.17) is 16.3 Å². The fourth-order valence-corrected chi connectivity index (χ4v) is 2.35. The van der Waals surface area contributed by atoms with E-state index >= 15 is 0 Å². The molecule has 0 aliphatic carbocycles. The molecular formula is C11H12BrClN2O3. The van der Waals surface area contributed by atoms with Crippen molar-refractivity contribution in [3.63, 3.8) is 0 Å². The zero-order valence-electron chi connectivity index (χ0n) is 9.60. The van der Waals surface area contributed by atoms with Gasteiger partial charge in [-0.15, -0.1) is 11.6 Å². The predicted octanol–water partition coefficient (Wildman–Crippen LogP) is 1.82. The summed E-state index contributed by atoms with van der Waals surface area (Å²) in [6.07, 6.45) is 3.02. The smallest absolute Gasteiger partial charge is 0.330 e. The van der Waals surface area contributed by atoms with Gasteiger partial charge >= 0.3 is 5.69 Å². The quantitative estimate of drug-likeness (QED) is 0.839. The van der Waals surface area contributed by atoms with Gasteiger partial charge in [-0.3, -0.25) is 14.3 Å². The lowest BCUT2D eigenvalue weighted by Crippen LogP contribution is -2.33. The van der Waals surface area contributed by atoms with Crippen LogP contribution in [0.5, 0.6) is 0 Å². The van der Waals surface area contributed by atoms with Crippen LogP contribution in [0.1, 0.15) is 25.1 Å². The van der Waals surface area contributed by atoms with Gasteiger partial charge < -0.3 is 4.74 Å². The highest BCUT2D eigenvalue weighted by molar-refractivity contribution is 9.11. The Bertz CT molecular complexity index is 570. The number of halogens is 2. The molecule has 1 fully saturated rings. The molecule has 0 bridgehead atoms. The van der Waals surface area contributed by atoms with Crippen molar-refractivity contribution in [2.45, 2.75) is 31.1 Å². The number of nitrogens with one attached hydrogen (secondary N) is 1. The molecule has 1 aliphatic heterocycles. The molecule has 0 amide bonds. The molecule has 1 aromatic heterocycles. The van der Waals surface area contributed by atoms with Crippen LogP contribution in [0.2, 0.25) is 0 Å². The summed E-state index contributed by atoms with van der Waals surface area (Å²) in [5.41, 5.74) is -0.546. The minimum atomic E-state index is -0.491. The SMILES string of the molecule is C[C@H]1O[C@@H](n2cc(C=CBr)c(=O)[nH]c2=O)C[C@@H]1Cl. The maximum atomic E-state index is 11.7. The topological polar surface area (TPSA) is 64.1 Å². The Morgan fingerprint density at radius 3 is 2.89 bits per heavy atom. The third-order valence-electron chi connectivity index (χ3n) is 2.86. The molecule has 2 rings (SSSR count). The fraction of sp³-hybridized carbons (Fsp3) is 0.455.